The first kappa shape index (κ1) is 16.1. The van der Waals surface area contributed by atoms with Crippen molar-refractivity contribution in [2.24, 2.45) is 7.05 Å². The number of nitrogens with one attached hydrogen (secondary N) is 2. The Morgan fingerprint density at radius 3 is 2.76 bits per heavy atom. The number of nitrogens with zero attached hydrogens (tertiary/aromatic N) is 4. The molecule has 0 aliphatic heterocycles. The van der Waals surface area contributed by atoms with Gasteiger partial charge in [0.1, 0.15) is 5.82 Å². The zero-order valence-electron chi connectivity index (χ0n) is 14.4. The van der Waals surface area contributed by atoms with E-state index in [2.05, 4.69) is 20.7 Å². The smallest absolute Gasteiger partial charge is 0.226 e. The molecule has 0 spiro atoms. The molecule has 0 amide bonds. The average Bonchev–Trinajstić information content (AvgIpc) is 3.21. The van der Waals surface area contributed by atoms with Crippen LogP contribution in [0, 0.1) is 6.92 Å². The fraction of sp³-hybridized carbons (Fsp3) is 0.389. The molecule has 130 valence electrons. The van der Waals surface area contributed by atoms with Crippen LogP contribution in [-0.2, 0) is 7.05 Å². The summed E-state index contributed by atoms with van der Waals surface area (Å²) >= 11 is 6.06. The molecule has 6 nitrogen and oxygen atoms in total. The van der Waals surface area contributed by atoms with Gasteiger partial charge in [-0.15, -0.1) is 0 Å². The molecule has 1 aliphatic carbocycles. The summed E-state index contributed by atoms with van der Waals surface area (Å²) in [5.74, 6) is 1.40. The molecule has 2 N–H and O–H groups in total. The van der Waals surface area contributed by atoms with Crippen molar-refractivity contribution in [1.82, 2.24) is 19.7 Å². The van der Waals surface area contributed by atoms with Gasteiger partial charge < -0.3 is 10.6 Å². The van der Waals surface area contributed by atoms with Crippen molar-refractivity contribution in [3.8, 4) is 0 Å². The molecule has 25 heavy (non-hydrogen) atoms. The van der Waals surface area contributed by atoms with Gasteiger partial charge in [-0.25, -0.2) is 0 Å². The summed E-state index contributed by atoms with van der Waals surface area (Å²) in [4.78, 5) is 9.37. The second-order valence-corrected chi connectivity index (χ2v) is 7.05. The molecule has 0 unspecified atom stereocenters. The Labute approximate surface area is 151 Å². The molecule has 7 heteroatoms. The lowest BCUT2D eigenvalue weighted by Gasteiger charge is -2.15. The van der Waals surface area contributed by atoms with E-state index in [1.165, 1.54) is 25.7 Å². The van der Waals surface area contributed by atoms with Crippen LogP contribution in [0.2, 0.25) is 5.02 Å². The number of halogens is 1. The average molecular weight is 357 g/mol. The van der Waals surface area contributed by atoms with Crippen LogP contribution in [0.3, 0.4) is 0 Å². The summed E-state index contributed by atoms with van der Waals surface area (Å²) in [7, 11) is 1.89. The fourth-order valence-corrected chi connectivity index (χ4v) is 3.56. The van der Waals surface area contributed by atoms with Gasteiger partial charge in [0.05, 0.1) is 11.6 Å². The number of fused-ring (bicyclic) bond motifs is 1. The van der Waals surface area contributed by atoms with E-state index in [9.17, 15) is 0 Å². The van der Waals surface area contributed by atoms with E-state index in [0.29, 0.717) is 12.0 Å². The summed E-state index contributed by atoms with van der Waals surface area (Å²) in [5, 5.41) is 12.8. The molecular formula is C18H21ClN6. The van der Waals surface area contributed by atoms with E-state index >= 15 is 0 Å². The molecule has 1 fully saturated rings. The highest BCUT2D eigenvalue weighted by Gasteiger charge is 2.18. The van der Waals surface area contributed by atoms with Crippen molar-refractivity contribution in [3.63, 3.8) is 0 Å². The maximum Gasteiger partial charge on any atom is 0.226 e. The van der Waals surface area contributed by atoms with Crippen molar-refractivity contribution >= 4 is 40.1 Å². The van der Waals surface area contributed by atoms with E-state index in [4.69, 9.17) is 16.6 Å². The highest BCUT2D eigenvalue weighted by atomic mass is 35.5. The van der Waals surface area contributed by atoms with Gasteiger partial charge in [-0.05, 0) is 43.5 Å². The first-order valence-corrected chi connectivity index (χ1v) is 8.97. The van der Waals surface area contributed by atoms with Gasteiger partial charge in [-0.3, -0.25) is 4.68 Å². The quantitative estimate of drug-likeness (QED) is 0.724. The van der Waals surface area contributed by atoms with Crippen molar-refractivity contribution in [2.75, 3.05) is 10.6 Å². The van der Waals surface area contributed by atoms with Gasteiger partial charge in [-0.1, -0.05) is 24.4 Å². The third-order valence-electron chi connectivity index (χ3n) is 4.72. The number of hydrogen-bond acceptors (Lipinski definition) is 5. The predicted molar refractivity (Wildman–Crippen MR) is 102 cm³/mol. The summed E-state index contributed by atoms with van der Waals surface area (Å²) in [6.07, 6.45) is 6.67. The van der Waals surface area contributed by atoms with Crippen LogP contribution >= 0.6 is 11.6 Å². The predicted octanol–water partition coefficient (Wildman–Crippen LogP) is 4.42. The van der Waals surface area contributed by atoms with E-state index < -0.39 is 0 Å². The number of aryl methyl sites for hydroxylation is 2. The lowest BCUT2D eigenvalue weighted by atomic mass is 10.2. The Balaban J connectivity index is 1.72. The lowest BCUT2D eigenvalue weighted by molar-refractivity contribution is 0.742. The highest BCUT2D eigenvalue weighted by Crippen LogP contribution is 2.29. The summed E-state index contributed by atoms with van der Waals surface area (Å²) in [6, 6.07) is 6.22. The SMILES string of the molecule is Cc1cc(Cl)ccc1Nc1nc(NC2CCCC2)nc2c1cnn2C. The van der Waals surface area contributed by atoms with Crippen molar-refractivity contribution in [1.29, 1.82) is 0 Å². The molecule has 2 heterocycles. The molecule has 2 aromatic heterocycles. The molecule has 0 bridgehead atoms. The minimum atomic E-state index is 0.454. The number of benzene rings is 1. The van der Waals surface area contributed by atoms with Crippen LogP contribution in [-0.4, -0.2) is 25.8 Å². The Morgan fingerprint density at radius 1 is 1.20 bits per heavy atom. The van der Waals surface area contributed by atoms with Gasteiger partial charge in [0.2, 0.25) is 5.95 Å². The van der Waals surface area contributed by atoms with Crippen LogP contribution in [0.5, 0.6) is 0 Å². The van der Waals surface area contributed by atoms with Crippen molar-refractivity contribution in [2.45, 2.75) is 38.6 Å². The van der Waals surface area contributed by atoms with Crippen LogP contribution in [0.15, 0.2) is 24.4 Å². The largest absolute Gasteiger partial charge is 0.351 e. The third-order valence-corrected chi connectivity index (χ3v) is 4.96. The number of rotatable bonds is 4. The zero-order chi connectivity index (χ0) is 17.4. The van der Waals surface area contributed by atoms with Crippen molar-refractivity contribution in [3.05, 3.63) is 35.0 Å². The molecule has 4 rings (SSSR count). The van der Waals surface area contributed by atoms with Gasteiger partial charge in [0, 0.05) is 23.8 Å². The molecule has 3 aromatic rings. The second kappa shape index (κ2) is 6.52. The number of anilines is 3. The molecule has 1 aliphatic rings. The second-order valence-electron chi connectivity index (χ2n) is 6.61. The summed E-state index contributed by atoms with van der Waals surface area (Å²) in [5.41, 5.74) is 2.85. The van der Waals surface area contributed by atoms with Gasteiger partial charge in [0.25, 0.3) is 0 Å². The van der Waals surface area contributed by atoms with Crippen LogP contribution in [0.4, 0.5) is 17.5 Å². The van der Waals surface area contributed by atoms with E-state index in [0.717, 1.165) is 33.1 Å². The van der Waals surface area contributed by atoms with Gasteiger partial charge >= 0.3 is 0 Å². The minimum absolute atomic E-state index is 0.454. The molecular weight excluding hydrogens is 336 g/mol. The third kappa shape index (κ3) is 3.26. The molecule has 0 radical (unpaired) electrons. The van der Waals surface area contributed by atoms with Crippen LogP contribution in [0.1, 0.15) is 31.2 Å². The standard InChI is InChI=1S/C18H21ClN6/c1-11-9-12(19)7-8-15(11)22-16-14-10-20-25(2)17(14)24-18(23-16)21-13-5-3-4-6-13/h7-10,13H,3-6H2,1-2H3,(H2,21,22,23,24). The molecule has 1 aromatic carbocycles. The summed E-state index contributed by atoms with van der Waals surface area (Å²) in [6.45, 7) is 2.02. The Morgan fingerprint density at radius 2 is 2.00 bits per heavy atom. The highest BCUT2D eigenvalue weighted by molar-refractivity contribution is 6.30. The van der Waals surface area contributed by atoms with E-state index in [1.54, 1.807) is 10.9 Å². The van der Waals surface area contributed by atoms with E-state index in [1.807, 2.05) is 32.2 Å². The number of hydrogen-bond donors (Lipinski definition) is 2. The topological polar surface area (TPSA) is 67.7 Å². The molecule has 1 saturated carbocycles. The zero-order valence-corrected chi connectivity index (χ0v) is 15.1. The van der Waals surface area contributed by atoms with Crippen molar-refractivity contribution < 1.29 is 0 Å². The maximum atomic E-state index is 6.06. The van der Waals surface area contributed by atoms with Gasteiger partial charge in [0.15, 0.2) is 5.65 Å². The Bertz CT molecular complexity index is 913. The maximum absolute atomic E-state index is 6.06. The van der Waals surface area contributed by atoms with Crippen LogP contribution in [0.25, 0.3) is 11.0 Å². The minimum Gasteiger partial charge on any atom is -0.351 e. The Kier molecular flexibility index (Phi) is 4.21. The van der Waals surface area contributed by atoms with E-state index in [-0.39, 0.29) is 0 Å². The first-order valence-electron chi connectivity index (χ1n) is 8.59. The number of aromatic nitrogens is 4. The normalized spacial score (nSPS) is 15.0. The Hall–Kier alpha value is -2.34. The summed E-state index contributed by atoms with van der Waals surface area (Å²) < 4.78 is 1.77. The molecule has 0 atom stereocenters. The van der Waals surface area contributed by atoms with Gasteiger partial charge in [-0.2, -0.15) is 15.1 Å². The molecule has 0 saturated heterocycles. The fourth-order valence-electron chi connectivity index (χ4n) is 3.33. The first-order chi connectivity index (χ1) is 12.1. The van der Waals surface area contributed by atoms with Crippen LogP contribution < -0.4 is 10.6 Å². The monoisotopic (exact) mass is 356 g/mol. The lowest BCUT2D eigenvalue weighted by Crippen LogP contribution is -2.17.